The van der Waals surface area contributed by atoms with Gasteiger partial charge in [0.25, 0.3) is 0 Å². The standard InChI is InChI=1S/C18H29FN4OS/c1-14(25-4)12-21-18(20-2)23-9-7-22(8-10-23)13-15-5-6-17(24-3)16(19)11-15/h5-6,11,14H,7-10,12-13H2,1-4H3,(H,20,21). The van der Waals surface area contributed by atoms with E-state index in [0.717, 1.165) is 50.8 Å². The number of hydrogen-bond acceptors (Lipinski definition) is 4. The quantitative estimate of drug-likeness (QED) is 0.616. The van der Waals surface area contributed by atoms with Gasteiger partial charge in [0.15, 0.2) is 17.5 Å². The molecule has 1 atom stereocenters. The molecule has 1 aromatic rings. The molecule has 0 aromatic heterocycles. The fraction of sp³-hybridized carbons (Fsp3) is 0.611. The van der Waals surface area contributed by atoms with Crippen LogP contribution in [0.5, 0.6) is 5.75 Å². The average molecular weight is 369 g/mol. The monoisotopic (exact) mass is 368 g/mol. The van der Waals surface area contributed by atoms with Crippen molar-refractivity contribution >= 4 is 17.7 Å². The molecule has 25 heavy (non-hydrogen) atoms. The number of rotatable bonds is 6. The summed E-state index contributed by atoms with van der Waals surface area (Å²) < 4.78 is 18.8. The second-order valence-electron chi connectivity index (χ2n) is 6.21. The van der Waals surface area contributed by atoms with Crippen LogP contribution in [0.4, 0.5) is 4.39 Å². The summed E-state index contributed by atoms with van der Waals surface area (Å²) in [6.45, 7) is 7.59. The lowest BCUT2D eigenvalue weighted by Gasteiger charge is -2.36. The first-order valence-corrected chi connectivity index (χ1v) is 9.89. The van der Waals surface area contributed by atoms with E-state index in [9.17, 15) is 4.39 Å². The van der Waals surface area contributed by atoms with Gasteiger partial charge in [-0.1, -0.05) is 13.0 Å². The van der Waals surface area contributed by atoms with Crippen LogP contribution in [0.25, 0.3) is 0 Å². The van der Waals surface area contributed by atoms with E-state index < -0.39 is 0 Å². The van der Waals surface area contributed by atoms with Crippen molar-refractivity contribution in [2.24, 2.45) is 4.99 Å². The maximum atomic E-state index is 13.8. The number of halogens is 1. The van der Waals surface area contributed by atoms with Gasteiger partial charge < -0.3 is 15.0 Å². The largest absolute Gasteiger partial charge is 0.494 e. The van der Waals surface area contributed by atoms with E-state index in [0.29, 0.717) is 11.0 Å². The van der Waals surface area contributed by atoms with Crippen molar-refractivity contribution in [3.05, 3.63) is 29.6 Å². The van der Waals surface area contributed by atoms with Crippen molar-refractivity contribution in [2.75, 3.05) is 53.1 Å². The molecule has 1 aromatic carbocycles. The second-order valence-corrected chi connectivity index (χ2v) is 7.48. The zero-order chi connectivity index (χ0) is 18.2. The summed E-state index contributed by atoms with van der Waals surface area (Å²) in [6, 6.07) is 5.19. The first-order valence-electron chi connectivity index (χ1n) is 8.60. The molecular weight excluding hydrogens is 339 g/mol. The molecule has 1 N–H and O–H groups in total. The Kier molecular flexibility index (Phi) is 7.84. The molecule has 0 radical (unpaired) electrons. The molecule has 0 spiro atoms. The summed E-state index contributed by atoms with van der Waals surface area (Å²) in [6.07, 6.45) is 2.12. The van der Waals surface area contributed by atoms with Crippen molar-refractivity contribution in [1.29, 1.82) is 0 Å². The molecule has 140 valence electrons. The molecule has 2 rings (SSSR count). The Labute approximate surface area is 154 Å². The molecule has 0 saturated carbocycles. The lowest BCUT2D eigenvalue weighted by atomic mass is 10.2. The first-order chi connectivity index (χ1) is 12.1. The SMILES string of the molecule is CN=C(NCC(C)SC)N1CCN(Cc2ccc(OC)c(F)c2)CC1. The predicted molar refractivity (Wildman–Crippen MR) is 104 cm³/mol. The van der Waals surface area contributed by atoms with E-state index in [4.69, 9.17) is 4.74 Å². The van der Waals surface area contributed by atoms with Gasteiger partial charge in [0.2, 0.25) is 0 Å². The van der Waals surface area contributed by atoms with Gasteiger partial charge in [0.05, 0.1) is 7.11 Å². The van der Waals surface area contributed by atoms with Crippen LogP contribution >= 0.6 is 11.8 Å². The van der Waals surface area contributed by atoms with Crippen LogP contribution in [0, 0.1) is 5.82 Å². The fourth-order valence-electron chi connectivity index (χ4n) is 2.83. The highest BCUT2D eigenvalue weighted by Crippen LogP contribution is 2.19. The number of benzene rings is 1. The number of nitrogens with one attached hydrogen (secondary N) is 1. The molecule has 1 fully saturated rings. The van der Waals surface area contributed by atoms with Gasteiger partial charge in [-0.05, 0) is 24.0 Å². The number of guanidine groups is 1. The van der Waals surface area contributed by atoms with Crippen LogP contribution in [-0.4, -0.2) is 74.1 Å². The van der Waals surface area contributed by atoms with Crippen LogP contribution in [-0.2, 0) is 6.54 Å². The number of ether oxygens (including phenoxy) is 1. The average Bonchev–Trinajstić information content (AvgIpc) is 2.63. The van der Waals surface area contributed by atoms with Gasteiger partial charge in [-0.3, -0.25) is 9.89 Å². The Balaban J connectivity index is 1.83. The lowest BCUT2D eigenvalue weighted by Crippen LogP contribution is -2.52. The Morgan fingerprint density at radius 2 is 2.08 bits per heavy atom. The van der Waals surface area contributed by atoms with Gasteiger partial charge in [0.1, 0.15) is 0 Å². The summed E-state index contributed by atoms with van der Waals surface area (Å²) in [7, 11) is 3.32. The highest BCUT2D eigenvalue weighted by Gasteiger charge is 2.20. The van der Waals surface area contributed by atoms with Crippen molar-refractivity contribution in [3.8, 4) is 5.75 Å². The van der Waals surface area contributed by atoms with Gasteiger partial charge in [-0.25, -0.2) is 4.39 Å². The molecule has 1 unspecified atom stereocenters. The highest BCUT2D eigenvalue weighted by molar-refractivity contribution is 7.99. The van der Waals surface area contributed by atoms with Crippen molar-refractivity contribution in [3.63, 3.8) is 0 Å². The summed E-state index contributed by atoms with van der Waals surface area (Å²) in [5, 5.41) is 4.01. The number of methoxy groups -OCH3 is 1. The fourth-order valence-corrected chi connectivity index (χ4v) is 3.08. The van der Waals surface area contributed by atoms with Gasteiger partial charge in [-0.2, -0.15) is 11.8 Å². The number of hydrogen-bond donors (Lipinski definition) is 1. The summed E-state index contributed by atoms with van der Waals surface area (Å²) >= 11 is 1.85. The van der Waals surface area contributed by atoms with E-state index in [2.05, 4.69) is 33.3 Å². The summed E-state index contributed by atoms with van der Waals surface area (Å²) in [5.74, 6) is 0.963. The molecule has 1 aliphatic heterocycles. The van der Waals surface area contributed by atoms with Gasteiger partial charge in [0, 0.05) is 51.6 Å². The van der Waals surface area contributed by atoms with Crippen molar-refractivity contribution in [1.82, 2.24) is 15.1 Å². The second kappa shape index (κ2) is 9.87. The number of thioether (sulfide) groups is 1. The normalized spacial score (nSPS) is 17.5. The van der Waals surface area contributed by atoms with E-state index in [-0.39, 0.29) is 5.82 Å². The van der Waals surface area contributed by atoms with E-state index >= 15 is 0 Å². The Hall–Kier alpha value is -1.47. The maximum Gasteiger partial charge on any atom is 0.193 e. The maximum absolute atomic E-state index is 13.8. The van der Waals surface area contributed by atoms with E-state index in [1.165, 1.54) is 7.11 Å². The molecular formula is C18H29FN4OS. The van der Waals surface area contributed by atoms with Crippen molar-refractivity contribution < 1.29 is 9.13 Å². The number of aliphatic imine (C=N–C) groups is 1. The minimum Gasteiger partial charge on any atom is -0.494 e. The summed E-state index contributed by atoms with van der Waals surface area (Å²) in [5.41, 5.74) is 0.975. The van der Waals surface area contributed by atoms with Crippen LogP contribution in [0.15, 0.2) is 23.2 Å². The predicted octanol–water partition coefficient (Wildman–Crippen LogP) is 2.28. The molecule has 1 heterocycles. The van der Waals surface area contributed by atoms with Gasteiger partial charge >= 0.3 is 0 Å². The molecule has 1 aliphatic rings. The zero-order valence-corrected chi connectivity index (χ0v) is 16.4. The van der Waals surface area contributed by atoms with Crippen LogP contribution in [0.2, 0.25) is 0 Å². The van der Waals surface area contributed by atoms with E-state index in [1.807, 2.05) is 24.9 Å². The minimum atomic E-state index is -0.300. The molecule has 0 aliphatic carbocycles. The van der Waals surface area contributed by atoms with Crippen molar-refractivity contribution in [2.45, 2.75) is 18.7 Å². The Bertz CT molecular complexity index is 576. The number of nitrogens with zero attached hydrogens (tertiary/aromatic N) is 3. The molecule has 5 nitrogen and oxygen atoms in total. The Morgan fingerprint density at radius 3 is 2.64 bits per heavy atom. The van der Waals surface area contributed by atoms with Crippen LogP contribution < -0.4 is 10.1 Å². The molecule has 0 bridgehead atoms. The zero-order valence-electron chi connectivity index (χ0n) is 15.6. The minimum absolute atomic E-state index is 0.294. The molecule has 1 saturated heterocycles. The third-order valence-electron chi connectivity index (χ3n) is 4.46. The molecule has 0 amide bonds. The van der Waals surface area contributed by atoms with E-state index in [1.54, 1.807) is 12.1 Å². The first kappa shape index (κ1) is 19.8. The third kappa shape index (κ3) is 5.78. The number of piperazine rings is 1. The smallest absolute Gasteiger partial charge is 0.193 e. The van der Waals surface area contributed by atoms with Crippen LogP contribution in [0.1, 0.15) is 12.5 Å². The summed E-state index contributed by atoms with van der Waals surface area (Å²) in [4.78, 5) is 9.03. The lowest BCUT2D eigenvalue weighted by molar-refractivity contribution is 0.172. The third-order valence-corrected chi connectivity index (χ3v) is 5.43. The highest BCUT2D eigenvalue weighted by atomic mass is 32.2. The molecule has 7 heteroatoms. The topological polar surface area (TPSA) is 40.1 Å². The Morgan fingerprint density at radius 1 is 1.36 bits per heavy atom. The van der Waals surface area contributed by atoms with Crippen LogP contribution in [0.3, 0.4) is 0 Å². The van der Waals surface area contributed by atoms with Gasteiger partial charge in [-0.15, -0.1) is 0 Å².